The Labute approximate surface area is 137 Å². The van der Waals surface area contributed by atoms with Gasteiger partial charge in [-0.3, -0.25) is 15.1 Å². The van der Waals surface area contributed by atoms with Crippen molar-refractivity contribution in [3.63, 3.8) is 0 Å². The number of nitrogens with two attached hydrogens (primary N) is 1. The van der Waals surface area contributed by atoms with Crippen LogP contribution in [0.15, 0.2) is 29.9 Å². The van der Waals surface area contributed by atoms with Crippen LogP contribution < -0.4 is 16.4 Å². The lowest BCUT2D eigenvalue weighted by Crippen LogP contribution is -2.41. The van der Waals surface area contributed by atoms with Gasteiger partial charge in [0.25, 0.3) is 0 Å². The van der Waals surface area contributed by atoms with E-state index in [0.717, 1.165) is 24.1 Å². The first-order chi connectivity index (χ1) is 11.1. The van der Waals surface area contributed by atoms with Gasteiger partial charge in [-0.1, -0.05) is 0 Å². The number of nitrogens with one attached hydrogen (secondary N) is 2. The van der Waals surface area contributed by atoms with Gasteiger partial charge in [-0.05, 0) is 30.9 Å². The molecule has 0 saturated heterocycles. The van der Waals surface area contributed by atoms with Gasteiger partial charge >= 0.3 is 6.03 Å². The van der Waals surface area contributed by atoms with Gasteiger partial charge in [-0.2, -0.15) is 0 Å². The number of thiazole rings is 1. The summed E-state index contributed by atoms with van der Waals surface area (Å²) in [6.45, 7) is 0. The van der Waals surface area contributed by atoms with Gasteiger partial charge in [-0.25, -0.2) is 9.78 Å². The van der Waals surface area contributed by atoms with Crippen LogP contribution >= 0.6 is 11.3 Å². The maximum atomic E-state index is 12.1. The monoisotopic (exact) mass is 331 g/mol. The van der Waals surface area contributed by atoms with Gasteiger partial charge in [-0.15, -0.1) is 11.3 Å². The number of urea groups is 1. The zero-order valence-corrected chi connectivity index (χ0v) is 13.2. The molecule has 0 aliphatic heterocycles. The smallest absolute Gasteiger partial charge is 0.321 e. The topological polar surface area (TPSA) is 110 Å². The summed E-state index contributed by atoms with van der Waals surface area (Å²) in [5, 5.41) is 7.87. The summed E-state index contributed by atoms with van der Waals surface area (Å²) in [5.41, 5.74) is 6.88. The van der Waals surface area contributed by atoms with Crippen molar-refractivity contribution in [2.45, 2.75) is 25.3 Å². The molecule has 7 nitrogen and oxygen atoms in total. The van der Waals surface area contributed by atoms with Gasteiger partial charge in [0, 0.05) is 35.8 Å². The van der Waals surface area contributed by atoms with Crippen LogP contribution in [-0.4, -0.2) is 27.9 Å². The summed E-state index contributed by atoms with van der Waals surface area (Å²) in [6.07, 6.45) is 5.60. The molecule has 0 bridgehead atoms. The lowest BCUT2D eigenvalue weighted by atomic mass is 10.1. The molecule has 2 aromatic rings. The van der Waals surface area contributed by atoms with Crippen LogP contribution in [0.4, 0.5) is 9.93 Å². The molecule has 1 atom stereocenters. The number of hydrogen-bond acceptors (Lipinski definition) is 5. The summed E-state index contributed by atoms with van der Waals surface area (Å²) < 4.78 is 0. The van der Waals surface area contributed by atoms with Gasteiger partial charge in [0.15, 0.2) is 5.13 Å². The molecule has 3 rings (SSSR count). The van der Waals surface area contributed by atoms with Crippen molar-refractivity contribution in [2.24, 2.45) is 11.7 Å². The third kappa shape index (κ3) is 4.26. The molecule has 0 unspecified atom stereocenters. The van der Waals surface area contributed by atoms with Crippen molar-refractivity contribution in [1.82, 2.24) is 15.3 Å². The van der Waals surface area contributed by atoms with Crippen molar-refractivity contribution in [3.05, 3.63) is 29.9 Å². The van der Waals surface area contributed by atoms with E-state index in [-0.39, 0.29) is 18.5 Å². The first kappa shape index (κ1) is 15.4. The summed E-state index contributed by atoms with van der Waals surface area (Å²) in [5.74, 6) is -0.0641. The minimum absolute atomic E-state index is 0.164. The van der Waals surface area contributed by atoms with E-state index in [9.17, 15) is 9.59 Å². The van der Waals surface area contributed by atoms with Crippen molar-refractivity contribution < 1.29 is 9.59 Å². The number of primary amides is 1. The highest BCUT2D eigenvalue weighted by Gasteiger charge is 2.33. The van der Waals surface area contributed by atoms with Crippen LogP contribution in [0.5, 0.6) is 0 Å². The van der Waals surface area contributed by atoms with Crippen molar-refractivity contribution in [1.29, 1.82) is 0 Å². The fourth-order valence-corrected chi connectivity index (χ4v) is 3.05. The second-order valence-corrected chi connectivity index (χ2v) is 6.35. The minimum Gasteiger partial charge on any atom is -0.370 e. The molecule has 2 heterocycles. The molecule has 4 N–H and O–H groups in total. The number of pyridine rings is 1. The van der Waals surface area contributed by atoms with E-state index in [2.05, 4.69) is 20.6 Å². The summed E-state index contributed by atoms with van der Waals surface area (Å²) >= 11 is 1.34. The minimum atomic E-state index is -0.407. The average Bonchev–Trinajstić information content (AvgIpc) is 3.27. The Balaban J connectivity index is 1.59. The second kappa shape index (κ2) is 6.74. The van der Waals surface area contributed by atoms with E-state index in [1.807, 2.05) is 17.5 Å². The number of amides is 3. The maximum Gasteiger partial charge on any atom is 0.321 e. The highest BCUT2D eigenvalue weighted by molar-refractivity contribution is 7.14. The Morgan fingerprint density at radius 3 is 2.91 bits per heavy atom. The average molecular weight is 331 g/mol. The number of hydrogen-bond donors (Lipinski definition) is 3. The molecule has 1 fully saturated rings. The van der Waals surface area contributed by atoms with Crippen LogP contribution in [0.3, 0.4) is 0 Å². The van der Waals surface area contributed by atoms with Gasteiger partial charge in [0.05, 0.1) is 5.69 Å². The highest BCUT2D eigenvalue weighted by Crippen LogP contribution is 2.34. The normalized spacial score (nSPS) is 15.0. The fourth-order valence-electron chi connectivity index (χ4n) is 2.33. The fraction of sp³-hybridized carbons (Fsp3) is 0.333. The predicted molar refractivity (Wildman–Crippen MR) is 87.8 cm³/mol. The number of aromatic nitrogens is 2. The molecule has 2 aromatic heterocycles. The number of carbonyl (C=O) groups is 2. The van der Waals surface area contributed by atoms with E-state index >= 15 is 0 Å². The van der Waals surface area contributed by atoms with Crippen LogP contribution in [0.1, 0.15) is 19.3 Å². The van der Waals surface area contributed by atoms with E-state index in [0.29, 0.717) is 11.0 Å². The summed E-state index contributed by atoms with van der Waals surface area (Å²) in [4.78, 5) is 31.5. The van der Waals surface area contributed by atoms with Gasteiger partial charge < -0.3 is 11.1 Å². The third-order valence-electron chi connectivity index (χ3n) is 3.61. The van der Waals surface area contributed by atoms with Crippen LogP contribution in [0.25, 0.3) is 11.3 Å². The van der Waals surface area contributed by atoms with Crippen molar-refractivity contribution in [3.8, 4) is 11.3 Å². The largest absolute Gasteiger partial charge is 0.370 e. The van der Waals surface area contributed by atoms with E-state index < -0.39 is 5.91 Å². The zero-order valence-electron chi connectivity index (χ0n) is 12.4. The number of carbonyl (C=O) groups excluding carboxylic acids is 2. The molecule has 3 amide bonds. The standard InChI is InChI=1S/C15H17N5O2S/c16-13(21)6-11(9-3-4-9)18-14(22)20-15-19-12(8-23-15)10-2-1-5-17-7-10/h1-2,5,7-9,11H,3-4,6H2,(H2,16,21)(H2,18,19,20,22)/t11-/m1/s1. The lowest BCUT2D eigenvalue weighted by Gasteiger charge is -2.16. The second-order valence-electron chi connectivity index (χ2n) is 5.49. The third-order valence-corrected chi connectivity index (χ3v) is 4.37. The molecule has 1 aliphatic rings. The van der Waals surface area contributed by atoms with Gasteiger partial charge in [0.2, 0.25) is 5.91 Å². The molecule has 8 heteroatoms. The Bertz CT molecular complexity index is 699. The number of rotatable bonds is 6. The van der Waals surface area contributed by atoms with Gasteiger partial charge in [0.1, 0.15) is 0 Å². The molecule has 0 radical (unpaired) electrons. The Morgan fingerprint density at radius 2 is 2.26 bits per heavy atom. The molecular weight excluding hydrogens is 314 g/mol. The van der Waals surface area contributed by atoms with Crippen LogP contribution in [-0.2, 0) is 4.79 Å². The summed E-state index contributed by atoms with van der Waals surface area (Å²) in [6, 6.07) is 3.17. The van der Waals surface area contributed by atoms with E-state index in [1.54, 1.807) is 12.4 Å². The first-order valence-electron chi connectivity index (χ1n) is 7.33. The Morgan fingerprint density at radius 1 is 1.43 bits per heavy atom. The SMILES string of the molecule is NC(=O)C[C@@H](NC(=O)Nc1nc(-c2cccnc2)cs1)C1CC1. The number of anilines is 1. The molecule has 1 saturated carbocycles. The van der Waals surface area contributed by atoms with E-state index in [1.165, 1.54) is 11.3 Å². The quantitative estimate of drug-likeness (QED) is 0.751. The molecule has 120 valence electrons. The lowest BCUT2D eigenvalue weighted by molar-refractivity contribution is -0.118. The van der Waals surface area contributed by atoms with E-state index in [4.69, 9.17) is 5.73 Å². The Hall–Kier alpha value is -2.48. The zero-order chi connectivity index (χ0) is 16.2. The first-order valence-corrected chi connectivity index (χ1v) is 8.21. The van der Waals surface area contributed by atoms with Crippen molar-refractivity contribution >= 4 is 28.4 Å². The molecular formula is C15H17N5O2S. The molecule has 0 spiro atoms. The van der Waals surface area contributed by atoms with Crippen LogP contribution in [0, 0.1) is 5.92 Å². The van der Waals surface area contributed by atoms with Crippen LogP contribution in [0.2, 0.25) is 0 Å². The predicted octanol–water partition coefficient (Wildman–Crippen LogP) is 1.98. The highest BCUT2D eigenvalue weighted by atomic mass is 32.1. The molecule has 23 heavy (non-hydrogen) atoms. The Kier molecular flexibility index (Phi) is 4.52. The van der Waals surface area contributed by atoms with Crippen molar-refractivity contribution in [2.75, 3.05) is 5.32 Å². The number of nitrogens with zero attached hydrogens (tertiary/aromatic N) is 2. The summed E-state index contributed by atoms with van der Waals surface area (Å²) in [7, 11) is 0. The maximum absolute atomic E-state index is 12.1. The molecule has 1 aliphatic carbocycles. The molecule has 0 aromatic carbocycles.